The molecule has 2 rings (SSSR count). The highest BCUT2D eigenvalue weighted by atomic mass is 35.5. The highest BCUT2D eigenvalue weighted by molar-refractivity contribution is 6.31. The monoisotopic (exact) mass is 393 g/mol. The van der Waals surface area contributed by atoms with Crippen LogP contribution in [0, 0.1) is 0 Å². The number of hydrogen-bond acceptors (Lipinski definition) is 5. The van der Waals surface area contributed by atoms with Crippen LogP contribution in [-0.2, 0) is 13.1 Å². The van der Waals surface area contributed by atoms with Gasteiger partial charge in [0.15, 0.2) is 12.9 Å². The first-order valence-electron chi connectivity index (χ1n) is 6.93. The van der Waals surface area contributed by atoms with Crippen LogP contribution in [0.25, 0.3) is 0 Å². The molecule has 0 atom stereocenters. The zero-order chi connectivity index (χ0) is 18.4. The van der Waals surface area contributed by atoms with Gasteiger partial charge < -0.3 is 10.1 Å². The second-order valence-electron chi connectivity index (χ2n) is 4.93. The van der Waals surface area contributed by atoms with Crippen LogP contribution >= 0.6 is 23.2 Å². The first-order valence-corrected chi connectivity index (χ1v) is 7.69. The molecule has 0 aliphatic heterocycles. The van der Waals surface area contributed by atoms with Crippen molar-refractivity contribution in [3.63, 3.8) is 0 Å². The van der Waals surface area contributed by atoms with E-state index >= 15 is 0 Å². The zero-order valence-corrected chi connectivity index (χ0v) is 14.1. The number of nitrogens with one attached hydrogen (secondary N) is 1. The molecule has 0 spiro atoms. The topological polar surface area (TPSA) is 64.1 Å². The highest BCUT2D eigenvalue weighted by Crippen LogP contribution is 2.25. The molecular formula is C15H12Cl2F3N3O2. The molecular weight excluding hydrogens is 382 g/mol. The van der Waals surface area contributed by atoms with Gasteiger partial charge in [0.1, 0.15) is 10.2 Å². The van der Waals surface area contributed by atoms with E-state index in [-0.39, 0.29) is 22.6 Å². The minimum absolute atomic E-state index is 0.0310. The Bertz CT molecular complexity index is 757. The van der Waals surface area contributed by atoms with Gasteiger partial charge in [-0.05, 0) is 17.7 Å². The summed E-state index contributed by atoms with van der Waals surface area (Å²) in [5.41, 5.74) is 1.58. The van der Waals surface area contributed by atoms with Gasteiger partial charge in [0.2, 0.25) is 5.88 Å². The fourth-order valence-corrected chi connectivity index (χ4v) is 2.39. The highest BCUT2D eigenvalue weighted by Gasteiger charge is 2.29. The van der Waals surface area contributed by atoms with Gasteiger partial charge in [-0.1, -0.05) is 23.2 Å². The lowest BCUT2D eigenvalue weighted by molar-refractivity contribution is -0.154. The summed E-state index contributed by atoms with van der Waals surface area (Å²) in [6.45, 7) is -0.897. The summed E-state index contributed by atoms with van der Waals surface area (Å²) in [5, 5.41) is 3.21. The van der Waals surface area contributed by atoms with E-state index in [4.69, 9.17) is 23.2 Å². The summed E-state index contributed by atoms with van der Waals surface area (Å²) >= 11 is 11.8. The molecule has 25 heavy (non-hydrogen) atoms. The molecule has 5 nitrogen and oxygen atoms in total. The van der Waals surface area contributed by atoms with Crippen LogP contribution in [0.4, 0.5) is 13.2 Å². The lowest BCUT2D eigenvalue weighted by Gasteiger charge is -2.11. The number of aldehydes is 1. The Balaban J connectivity index is 1.96. The van der Waals surface area contributed by atoms with E-state index in [0.29, 0.717) is 29.5 Å². The molecule has 0 fully saturated rings. The predicted molar refractivity (Wildman–Crippen MR) is 86.0 cm³/mol. The lowest BCUT2D eigenvalue weighted by atomic mass is 10.1. The molecule has 134 valence electrons. The van der Waals surface area contributed by atoms with E-state index < -0.39 is 12.8 Å². The Labute approximate surface area is 151 Å². The summed E-state index contributed by atoms with van der Waals surface area (Å²) < 4.78 is 40.9. The lowest BCUT2D eigenvalue weighted by Crippen LogP contribution is -2.20. The van der Waals surface area contributed by atoms with Gasteiger partial charge >= 0.3 is 6.18 Å². The van der Waals surface area contributed by atoms with Crippen LogP contribution in [0.15, 0.2) is 24.5 Å². The number of hydrogen-bond donors (Lipinski definition) is 1. The van der Waals surface area contributed by atoms with Gasteiger partial charge in [-0.2, -0.15) is 13.2 Å². The van der Waals surface area contributed by atoms with Crippen LogP contribution < -0.4 is 10.1 Å². The van der Waals surface area contributed by atoms with E-state index in [0.717, 1.165) is 0 Å². The third-order valence-electron chi connectivity index (χ3n) is 3.03. The van der Waals surface area contributed by atoms with E-state index in [1.165, 1.54) is 18.5 Å². The number of nitrogens with zero attached hydrogens (tertiary/aromatic N) is 2. The van der Waals surface area contributed by atoms with Crippen molar-refractivity contribution in [3.8, 4) is 5.88 Å². The van der Waals surface area contributed by atoms with Crippen molar-refractivity contribution in [1.29, 1.82) is 0 Å². The number of halogens is 5. The molecule has 0 amide bonds. The van der Waals surface area contributed by atoms with Crippen molar-refractivity contribution in [3.05, 3.63) is 51.4 Å². The number of ether oxygens (including phenoxy) is 1. The maximum atomic E-state index is 12.1. The molecule has 0 bridgehead atoms. The van der Waals surface area contributed by atoms with Gasteiger partial charge in [0.25, 0.3) is 0 Å². The quantitative estimate of drug-likeness (QED) is 0.572. The standard InChI is InChI=1S/C15H12Cl2F3N3O2/c16-12-3-9(5-23-14(12)25-8-15(18,19)20)4-21-6-11-10(7-24)1-2-22-13(11)17/h1-3,5,7,21H,4,6,8H2. The fraction of sp³-hybridized carbons (Fsp3) is 0.267. The van der Waals surface area contributed by atoms with E-state index in [9.17, 15) is 18.0 Å². The van der Waals surface area contributed by atoms with Crippen molar-refractivity contribution >= 4 is 29.5 Å². The molecule has 0 saturated carbocycles. The number of pyridine rings is 2. The van der Waals surface area contributed by atoms with Gasteiger partial charge in [-0.15, -0.1) is 0 Å². The van der Waals surface area contributed by atoms with Crippen LogP contribution in [-0.4, -0.2) is 29.0 Å². The minimum atomic E-state index is -4.47. The molecule has 0 radical (unpaired) electrons. The van der Waals surface area contributed by atoms with Gasteiger partial charge in [0, 0.05) is 36.6 Å². The van der Waals surface area contributed by atoms with Gasteiger partial charge in [-0.3, -0.25) is 4.79 Å². The van der Waals surface area contributed by atoms with Gasteiger partial charge in [0.05, 0.1) is 0 Å². The molecule has 2 heterocycles. The van der Waals surface area contributed by atoms with E-state index in [1.54, 1.807) is 6.07 Å². The molecule has 2 aromatic rings. The van der Waals surface area contributed by atoms with Crippen molar-refractivity contribution in [2.45, 2.75) is 19.3 Å². The molecule has 0 aliphatic carbocycles. The summed E-state index contributed by atoms with van der Waals surface area (Å²) in [4.78, 5) is 18.7. The smallest absolute Gasteiger partial charge is 0.422 e. The van der Waals surface area contributed by atoms with E-state index in [2.05, 4.69) is 20.0 Å². The second kappa shape index (κ2) is 8.46. The summed E-state index contributed by atoms with van der Waals surface area (Å²) in [6.07, 6.45) is -1.02. The summed E-state index contributed by atoms with van der Waals surface area (Å²) in [7, 11) is 0. The van der Waals surface area contributed by atoms with E-state index in [1.807, 2.05) is 0 Å². The molecule has 1 N–H and O–H groups in total. The molecule has 0 unspecified atom stereocenters. The number of carbonyl (C=O) groups is 1. The normalized spacial score (nSPS) is 11.4. The number of carbonyl (C=O) groups excluding carboxylic acids is 1. The largest absolute Gasteiger partial charge is 0.467 e. The van der Waals surface area contributed by atoms with Crippen LogP contribution in [0.5, 0.6) is 5.88 Å². The molecule has 0 aromatic carbocycles. The fourth-order valence-electron chi connectivity index (χ4n) is 1.92. The van der Waals surface area contributed by atoms with Crippen molar-refractivity contribution in [2.75, 3.05) is 6.61 Å². The molecule has 0 aliphatic rings. The van der Waals surface area contributed by atoms with Gasteiger partial charge in [-0.25, -0.2) is 9.97 Å². The van der Waals surface area contributed by atoms with Crippen molar-refractivity contribution < 1.29 is 22.7 Å². The Hall–Kier alpha value is -1.90. The molecule has 0 saturated heterocycles. The number of rotatable bonds is 7. The average molecular weight is 394 g/mol. The number of aromatic nitrogens is 2. The maximum Gasteiger partial charge on any atom is 0.422 e. The third kappa shape index (κ3) is 5.84. The number of alkyl halides is 3. The molecule has 10 heteroatoms. The van der Waals surface area contributed by atoms with Crippen LogP contribution in [0.2, 0.25) is 10.2 Å². The maximum absolute atomic E-state index is 12.1. The van der Waals surface area contributed by atoms with Crippen molar-refractivity contribution in [1.82, 2.24) is 15.3 Å². The van der Waals surface area contributed by atoms with Crippen LogP contribution in [0.3, 0.4) is 0 Å². The average Bonchev–Trinajstić information content (AvgIpc) is 2.54. The Morgan fingerprint density at radius 3 is 2.64 bits per heavy atom. The Kier molecular flexibility index (Phi) is 6.57. The summed E-state index contributed by atoms with van der Waals surface area (Å²) in [6, 6.07) is 2.99. The first kappa shape index (κ1) is 19.4. The van der Waals surface area contributed by atoms with Crippen molar-refractivity contribution in [2.24, 2.45) is 0 Å². The van der Waals surface area contributed by atoms with Crippen LogP contribution in [0.1, 0.15) is 21.5 Å². The predicted octanol–water partition coefficient (Wildman–Crippen LogP) is 3.83. The second-order valence-corrected chi connectivity index (χ2v) is 5.69. The first-order chi connectivity index (χ1) is 11.8. The molecule has 2 aromatic heterocycles. The minimum Gasteiger partial charge on any atom is -0.467 e. The zero-order valence-electron chi connectivity index (χ0n) is 12.6. The summed E-state index contributed by atoms with van der Waals surface area (Å²) in [5.74, 6) is -0.290. The SMILES string of the molecule is O=Cc1ccnc(Cl)c1CNCc1cnc(OCC(F)(F)F)c(Cl)c1. The Morgan fingerprint density at radius 2 is 2.00 bits per heavy atom. The Morgan fingerprint density at radius 1 is 1.24 bits per heavy atom. The third-order valence-corrected chi connectivity index (χ3v) is 3.63.